The molecule has 0 saturated heterocycles. The molecule has 1 rings (SSSR count). The van der Waals surface area contributed by atoms with E-state index in [-0.39, 0.29) is 6.04 Å². The second-order valence-corrected chi connectivity index (χ2v) is 2.39. The van der Waals surface area contributed by atoms with Crippen LogP contribution < -0.4 is 5.32 Å². The third kappa shape index (κ3) is 2.30. The predicted octanol–water partition coefficient (Wildman–Crippen LogP) is 0.342. The van der Waals surface area contributed by atoms with E-state index in [1.54, 1.807) is 10.9 Å². The lowest BCUT2D eigenvalue weighted by Gasteiger charge is -2.07. The summed E-state index contributed by atoms with van der Waals surface area (Å²) in [6.45, 7) is 2.66. The maximum atomic E-state index is 8.27. The third-order valence-corrected chi connectivity index (χ3v) is 1.33. The lowest BCUT2D eigenvalue weighted by molar-refractivity contribution is 0.499. The van der Waals surface area contributed by atoms with Crippen LogP contribution in [0.3, 0.4) is 0 Å². The van der Waals surface area contributed by atoms with Crippen molar-refractivity contribution in [2.75, 3.05) is 0 Å². The zero-order chi connectivity index (χ0) is 8.10. The zero-order valence-electron chi connectivity index (χ0n) is 6.36. The van der Waals surface area contributed by atoms with Crippen molar-refractivity contribution < 1.29 is 0 Å². The highest BCUT2D eigenvalue weighted by Gasteiger charge is 1.99. The topological polar surface area (TPSA) is 53.6 Å². The maximum Gasteiger partial charge on any atom is 0.176 e. The molecule has 0 saturated carbocycles. The molecule has 0 aliphatic carbocycles. The molecule has 1 atom stereocenters. The van der Waals surface area contributed by atoms with Gasteiger partial charge in [-0.1, -0.05) is 0 Å². The van der Waals surface area contributed by atoms with Crippen LogP contribution in [0.25, 0.3) is 0 Å². The summed E-state index contributed by atoms with van der Waals surface area (Å²) >= 11 is 0. The Hall–Kier alpha value is -1.50. The highest BCUT2D eigenvalue weighted by Crippen LogP contribution is 1.88. The van der Waals surface area contributed by atoms with Crippen molar-refractivity contribution in [1.29, 1.82) is 5.26 Å². The summed E-state index contributed by atoms with van der Waals surface area (Å²) in [6, 6.07) is 2.00. The first-order valence-corrected chi connectivity index (χ1v) is 3.45. The lowest BCUT2D eigenvalue weighted by Crippen LogP contribution is -2.26. The van der Waals surface area contributed by atoms with Crippen molar-refractivity contribution in [2.45, 2.75) is 19.5 Å². The van der Waals surface area contributed by atoms with Crippen molar-refractivity contribution in [3.63, 3.8) is 0 Å². The molecule has 0 aliphatic rings. The average Bonchev–Trinajstić information content (AvgIpc) is 2.40. The van der Waals surface area contributed by atoms with E-state index < -0.39 is 0 Å². The fourth-order valence-electron chi connectivity index (χ4n) is 0.845. The SMILES string of the molecule is CC(Cn1cccn1)NC#N. The van der Waals surface area contributed by atoms with Crippen LogP contribution in [0, 0.1) is 11.5 Å². The van der Waals surface area contributed by atoms with Crippen LogP contribution in [0.5, 0.6) is 0 Å². The minimum Gasteiger partial charge on any atom is -0.319 e. The predicted molar refractivity (Wildman–Crippen MR) is 40.4 cm³/mol. The fourth-order valence-corrected chi connectivity index (χ4v) is 0.845. The summed E-state index contributed by atoms with van der Waals surface area (Å²) in [6.07, 6.45) is 5.48. The van der Waals surface area contributed by atoms with E-state index in [1.807, 2.05) is 25.4 Å². The Morgan fingerprint density at radius 2 is 2.64 bits per heavy atom. The highest BCUT2D eigenvalue weighted by molar-refractivity contribution is 4.80. The number of hydrogen-bond acceptors (Lipinski definition) is 3. The van der Waals surface area contributed by atoms with Gasteiger partial charge in [-0.2, -0.15) is 10.4 Å². The van der Waals surface area contributed by atoms with Gasteiger partial charge in [-0.3, -0.25) is 4.68 Å². The number of nitriles is 1. The molecule has 0 amide bonds. The summed E-state index contributed by atoms with van der Waals surface area (Å²) in [5.74, 6) is 0. The first kappa shape index (κ1) is 7.61. The second-order valence-electron chi connectivity index (χ2n) is 2.39. The number of nitrogens with one attached hydrogen (secondary N) is 1. The highest BCUT2D eigenvalue weighted by atomic mass is 15.3. The van der Waals surface area contributed by atoms with Crippen LogP contribution in [0.2, 0.25) is 0 Å². The van der Waals surface area contributed by atoms with E-state index in [2.05, 4.69) is 10.4 Å². The molecule has 11 heavy (non-hydrogen) atoms. The minimum atomic E-state index is 0.139. The van der Waals surface area contributed by atoms with Gasteiger partial charge < -0.3 is 5.32 Å². The third-order valence-electron chi connectivity index (χ3n) is 1.33. The van der Waals surface area contributed by atoms with Gasteiger partial charge in [-0.25, -0.2) is 0 Å². The van der Waals surface area contributed by atoms with Gasteiger partial charge in [0.2, 0.25) is 0 Å². The molecule has 1 unspecified atom stereocenters. The molecule has 1 heterocycles. The summed E-state index contributed by atoms with van der Waals surface area (Å²) in [5, 5.41) is 14.9. The van der Waals surface area contributed by atoms with Gasteiger partial charge in [0.05, 0.1) is 12.6 Å². The Labute approximate surface area is 65.4 Å². The largest absolute Gasteiger partial charge is 0.319 e. The van der Waals surface area contributed by atoms with E-state index in [9.17, 15) is 0 Å². The van der Waals surface area contributed by atoms with Gasteiger partial charge in [-0.15, -0.1) is 0 Å². The molecule has 0 bridgehead atoms. The van der Waals surface area contributed by atoms with Crippen LogP contribution in [0.15, 0.2) is 18.5 Å². The smallest absolute Gasteiger partial charge is 0.176 e. The molecule has 0 fully saturated rings. The van der Waals surface area contributed by atoms with Crippen molar-refractivity contribution in [2.24, 2.45) is 0 Å². The van der Waals surface area contributed by atoms with Crippen LogP contribution in [0.4, 0.5) is 0 Å². The Bertz CT molecular complexity index is 233. The van der Waals surface area contributed by atoms with Crippen molar-refractivity contribution in [3.05, 3.63) is 18.5 Å². The first-order chi connectivity index (χ1) is 5.33. The van der Waals surface area contributed by atoms with E-state index in [4.69, 9.17) is 5.26 Å². The minimum absolute atomic E-state index is 0.139. The van der Waals surface area contributed by atoms with Gasteiger partial charge in [0.25, 0.3) is 0 Å². The quantitative estimate of drug-likeness (QED) is 0.499. The van der Waals surface area contributed by atoms with Gasteiger partial charge >= 0.3 is 0 Å². The summed E-state index contributed by atoms with van der Waals surface area (Å²) in [5.41, 5.74) is 0. The van der Waals surface area contributed by atoms with E-state index in [0.717, 1.165) is 6.54 Å². The van der Waals surface area contributed by atoms with E-state index in [0.29, 0.717) is 0 Å². The van der Waals surface area contributed by atoms with Crippen LogP contribution >= 0.6 is 0 Å². The van der Waals surface area contributed by atoms with Crippen molar-refractivity contribution >= 4 is 0 Å². The Morgan fingerprint density at radius 1 is 1.82 bits per heavy atom. The molecule has 1 aromatic heterocycles. The molecular formula is C7H10N4. The Morgan fingerprint density at radius 3 is 3.18 bits per heavy atom. The van der Waals surface area contributed by atoms with Gasteiger partial charge in [0, 0.05) is 12.4 Å². The number of nitrogens with zero attached hydrogens (tertiary/aromatic N) is 3. The molecule has 0 aliphatic heterocycles. The molecule has 4 heteroatoms. The van der Waals surface area contributed by atoms with Gasteiger partial charge in [0.15, 0.2) is 6.19 Å². The molecule has 58 valence electrons. The normalized spacial score (nSPS) is 12.0. The molecule has 1 aromatic rings. The van der Waals surface area contributed by atoms with E-state index in [1.165, 1.54) is 0 Å². The Kier molecular flexibility index (Phi) is 2.50. The summed E-state index contributed by atoms with van der Waals surface area (Å²) in [7, 11) is 0. The average molecular weight is 150 g/mol. The lowest BCUT2D eigenvalue weighted by atomic mass is 10.3. The number of rotatable bonds is 3. The first-order valence-electron chi connectivity index (χ1n) is 3.45. The summed E-state index contributed by atoms with van der Waals surface area (Å²) in [4.78, 5) is 0. The van der Waals surface area contributed by atoms with Crippen molar-refractivity contribution in [1.82, 2.24) is 15.1 Å². The molecule has 4 nitrogen and oxygen atoms in total. The zero-order valence-corrected chi connectivity index (χ0v) is 6.36. The summed E-state index contributed by atoms with van der Waals surface area (Å²) < 4.78 is 1.79. The van der Waals surface area contributed by atoms with Crippen molar-refractivity contribution in [3.8, 4) is 6.19 Å². The second kappa shape index (κ2) is 3.62. The van der Waals surface area contributed by atoms with Crippen LogP contribution in [-0.2, 0) is 6.54 Å². The standard InChI is InChI=1S/C7H10N4/c1-7(9-6-8)5-11-4-2-3-10-11/h2-4,7,9H,5H2,1H3. The molecule has 0 radical (unpaired) electrons. The number of hydrogen-bond donors (Lipinski definition) is 1. The molecular weight excluding hydrogens is 140 g/mol. The molecule has 0 spiro atoms. The van der Waals surface area contributed by atoms with Crippen LogP contribution in [0.1, 0.15) is 6.92 Å². The number of aromatic nitrogens is 2. The Balaban J connectivity index is 2.38. The van der Waals surface area contributed by atoms with Gasteiger partial charge in [-0.05, 0) is 13.0 Å². The maximum absolute atomic E-state index is 8.27. The fraction of sp³-hybridized carbons (Fsp3) is 0.429. The monoisotopic (exact) mass is 150 g/mol. The molecule has 0 aromatic carbocycles. The van der Waals surface area contributed by atoms with Crippen LogP contribution in [-0.4, -0.2) is 15.8 Å². The van der Waals surface area contributed by atoms with Gasteiger partial charge in [0.1, 0.15) is 0 Å². The van der Waals surface area contributed by atoms with E-state index >= 15 is 0 Å². The molecule has 1 N–H and O–H groups in total.